The molecule has 1 N–H and O–H groups in total. The van der Waals surface area contributed by atoms with Gasteiger partial charge in [-0.15, -0.1) is 0 Å². The van der Waals surface area contributed by atoms with Gasteiger partial charge in [0, 0.05) is 31.1 Å². The van der Waals surface area contributed by atoms with E-state index in [1.807, 2.05) is 53.4 Å². The van der Waals surface area contributed by atoms with Crippen molar-refractivity contribution in [3.8, 4) is 11.1 Å². The van der Waals surface area contributed by atoms with Gasteiger partial charge in [0.1, 0.15) is 4.90 Å². The Morgan fingerprint density at radius 3 is 2.44 bits per heavy atom. The Labute approximate surface area is 198 Å². The Balaban J connectivity index is 1.52. The third-order valence-electron chi connectivity index (χ3n) is 5.46. The molecule has 1 aliphatic rings. The predicted molar refractivity (Wildman–Crippen MR) is 127 cm³/mol. The number of sulfonamides is 1. The molecular weight excluding hydrogens is 467 g/mol. The first-order valence-corrected chi connectivity index (χ1v) is 12.5. The molecule has 0 aromatic heterocycles. The number of nitrogens with one attached hydrogen (secondary N) is 1. The topological polar surface area (TPSA) is 66.5 Å². The van der Waals surface area contributed by atoms with Crippen molar-refractivity contribution < 1.29 is 13.2 Å². The van der Waals surface area contributed by atoms with E-state index in [-0.39, 0.29) is 22.4 Å². The summed E-state index contributed by atoms with van der Waals surface area (Å²) in [4.78, 5) is 13.7. The Hall–Kier alpha value is -2.38. The van der Waals surface area contributed by atoms with E-state index in [1.54, 1.807) is 6.07 Å². The highest BCUT2D eigenvalue weighted by atomic mass is 35.5. The number of hydrogen-bond donors (Lipinski definition) is 1. The molecule has 1 fully saturated rings. The van der Waals surface area contributed by atoms with Crippen molar-refractivity contribution in [3.05, 3.63) is 87.9 Å². The predicted octanol–water partition coefficient (Wildman–Crippen LogP) is 5.26. The van der Waals surface area contributed by atoms with Gasteiger partial charge < -0.3 is 4.90 Å². The van der Waals surface area contributed by atoms with E-state index in [0.29, 0.717) is 18.0 Å². The number of carbonyl (C=O) groups excluding carboxylic acids is 1. The van der Waals surface area contributed by atoms with E-state index < -0.39 is 10.0 Å². The Bertz CT molecular complexity index is 1240. The smallest absolute Gasteiger partial charge is 0.242 e. The minimum Gasteiger partial charge on any atom is -0.338 e. The average Bonchev–Trinajstić information content (AvgIpc) is 3.19. The molecule has 0 radical (unpaired) electrons. The number of benzene rings is 3. The maximum atomic E-state index is 12.8. The molecule has 0 atom stereocenters. The lowest BCUT2D eigenvalue weighted by molar-refractivity contribution is -0.128. The Morgan fingerprint density at radius 2 is 1.72 bits per heavy atom. The van der Waals surface area contributed by atoms with Gasteiger partial charge in [0.05, 0.1) is 5.02 Å². The normalized spacial score (nSPS) is 14.2. The lowest BCUT2D eigenvalue weighted by atomic mass is 9.98. The highest BCUT2D eigenvalue weighted by molar-refractivity contribution is 7.89. The summed E-state index contributed by atoms with van der Waals surface area (Å²) in [6, 6.07) is 20.0. The third-order valence-corrected chi connectivity index (χ3v) is 7.58. The molecule has 4 rings (SSSR count). The zero-order chi connectivity index (χ0) is 22.7. The average molecular weight is 489 g/mol. The summed E-state index contributed by atoms with van der Waals surface area (Å²) < 4.78 is 28.2. The van der Waals surface area contributed by atoms with Crippen LogP contribution in [0.3, 0.4) is 0 Å². The van der Waals surface area contributed by atoms with Crippen molar-refractivity contribution >= 4 is 39.1 Å². The summed E-state index contributed by atoms with van der Waals surface area (Å²) in [5, 5.41) is 0.410. The molecule has 3 aromatic rings. The second-order valence-corrected chi connectivity index (χ2v) is 10.3. The molecule has 1 amide bonds. The van der Waals surface area contributed by atoms with Gasteiger partial charge in [-0.2, -0.15) is 0 Å². The Kier molecular flexibility index (Phi) is 6.86. The summed E-state index contributed by atoms with van der Waals surface area (Å²) in [7, 11) is -3.84. The van der Waals surface area contributed by atoms with Crippen LogP contribution in [-0.4, -0.2) is 25.8 Å². The lowest BCUT2D eigenvalue weighted by Crippen LogP contribution is -2.24. The fourth-order valence-corrected chi connectivity index (χ4v) is 5.54. The summed E-state index contributed by atoms with van der Waals surface area (Å²) in [5.74, 6) is 0.200. The first-order chi connectivity index (χ1) is 15.3. The van der Waals surface area contributed by atoms with E-state index in [0.717, 1.165) is 35.2 Å². The number of hydrogen-bond acceptors (Lipinski definition) is 3. The van der Waals surface area contributed by atoms with Crippen LogP contribution in [0.5, 0.6) is 0 Å². The molecule has 3 aromatic carbocycles. The van der Waals surface area contributed by atoms with Gasteiger partial charge in [-0.05, 0) is 46.9 Å². The van der Waals surface area contributed by atoms with Crippen LogP contribution in [-0.2, 0) is 27.9 Å². The fourth-order valence-electron chi connectivity index (χ4n) is 3.77. The zero-order valence-corrected chi connectivity index (χ0v) is 19.6. The van der Waals surface area contributed by atoms with E-state index >= 15 is 0 Å². The van der Waals surface area contributed by atoms with Crippen LogP contribution in [0.4, 0.5) is 0 Å². The van der Waals surface area contributed by atoms with Crippen LogP contribution in [0.2, 0.25) is 10.0 Å². The monoisotopic (exact) mass is 488 g/mol. The molecule has 8 heteroatoms. The summed E-state index contributed by atoms with van der Waals surface area (Å²) in [6.45, 7) is 1.52. The molecule has 166 valence electrons. The molecule has 0 bridgehead atoms. The van der Waals surface area contributed by atoms with Crippen LogP contribution in [0.15, 0.2) is 71.6 Å². The van der Waals surface area contributed by atoms with E-state index in [9.17, 15) is 13.2 Å². The van der Waals surface area contributed by atoms with Crippen molar-refractivity contribution in [2.75, 3.05) is 6.54 Å². The minimum absolute atomic E-state index is 0.0510. The van der Waals surface area contributed by atoms with Crippen LogP contribution < -0.4 is 4.72 Å². The number of carbonyl (C=O) groups is 1. The zero-order valence-electron chi connectivity index (χ0n) is 17.2. The number of likely N-dealkylation sites (tertiary alicyclic amines) is 1. The fraction of sp³-hybridized carbons (Fsp3) is 0.208. The van der Waals surface area contributed by atoms with Gasteiger partial charge in [0.25, 0.3) is 0 Å². The number of halogens is 2. The van der Waals surface area contributed by atoms with Crippen molar-refractivity contribution in [2.24, 2.45) is 0 Å². The van der Waals surface area contributed by atoms with Crippen LogP contribution in [0.1, 0.15) is 24.0 Å². The second-order valence-electron chi connectivity index (χ2n) is 7.67. The Morgan fingerprint density at radius 1 is 0.969 bits per heavy atom. The summed E-state index contributed by atoms with van der Waals surface area (Å²) in [6.07, 6.45) is 1.54. The lowest BCUT2D eigenvalue weighted by Gasteiger charge is -2.16. The number of amides is 1. The maximum Gasteiger partial charge on any atom is 0.242 e. The van der Waals surface area contributed by atoms with E-state index in [4.69, 9.17) is 23.2 Å². The van der Waals surface area contributed by atoms with E-state index in [2.05, 4.69) is 4.72 Å². The van der Waals surface area contributed by atoms with Crippen LogP contribution >= 0.6 is 23.2 Å². The molecule has 1 heterocycles. The number of rotatable bonds is 7. The van der Waals surface area contributed by atoms with Crippen LogP contribution in [0.25, 0.3) is 11.1 Å². The largest absolute Gasteiger partial charge is 0.338 e. The minimum atomic E-state index is -3.84. The van der Waals surface area contributed by atoms with Gasteiger partial charge in [-0.3, -0.25) is 4.79 Å². The molecule has 1 aliphatic heterocycles. The van der Waals surface area contributed by atoms with E-state index in [1.165, 1.54) is 12.1 Å². The molecule has 32 heavy (non-hydrogen) atoms. The SMILES string of the molecule is O=C1CCCN1Cc1ccc(-c2ccccc2CNS(=O)(=O)c2cc(Cl)ccc2Cl)cc1. The second kappa shape index (κ2) is 9.63. The molecule has 5 nitrogen and oxygen atoms in total. The van der Waals surface area contributed by atoms with Gasteiger partial charge in [-0.25, -0.2) is 13.1 Å². The summed E-state index contributed by atoms with van der Waals surface area (Å²) in [5.41, 5.74) is 3.79. The highest BCUT2D eigenvalue weighted by Crippen LogP contribution is 2.27. The summed E-state index contributed by atoms with van der Waals surface area (Å²) >= 11 is 12.0. The van der Waals surface area contributed by atoms with Gasteiger partial charge in [-0.1, -0.05) is 71.7 Å². The first kappa shape index (κ1) is 22.8. The highest BCUT2D eigenvalue weighted by Gasteiger charge is 2.21. The molecule has 1 saturated heterocycles. The van der Waals surface area contributed by atoms with Crippen molar-refractivity contribution in [1.82, 2.24) is 9.62 Å². The molecular formula is C24H22Cl2N2O3S. The van der Waals surface area contributed by atoms with Crippen molar-refractivity contribution in [3.63, 3.8) is 0 Å². The van der Waals surface area contributed by atoms with Crippen molar-refractivity contribution in [2.45, 2.75) is 30.8 Å². The van der Waals surface area contributed by atoms with Crippen molar-refractivity contribution in [1.29, 1.82) is 0 Å². The molecule has 0 aliphatic carbocycles. The van der Waals surface area contributed by atoms with Gasteiger partial charge >= 0.3 is 0 Å². The number of nitrogens with zero attached hydrogens (tertiary/aromatic N) is 1. The third kappa shape index (κ3) is 5.15. The van der Waals surface area contributed by atoms with Crippen LogP contribution in [0, 0.1) is 0 Å². The van der Waals surface area contributed by atoms with Gasteiger partial charge in [0.15, 0.2) is 0 Å². The van der Waals surface area contributed by atoms with Gasteiger partial charge in [0.2, 0.25) is 15.9 Å². The quantitative estimate of drug-likeness (QED) is 0.492. The molecule has 0 saturated carbocycles. The first-order valence-electron chi connectivity index (χ1n) is 10.2. The molecule has 0 spiro atoms. The molecule has 0 unspecified atom stereocenters. The maximum absolute atomic E-state index is 12.8. The standard InChI is InChI=1S/C24H22Cl2N2O3S/c25-20-11-12-22(26)23(14-20)32(30,31)27-15-19-4-1-2-5-21(19)18-9-7-17(8-10-18)16-28-13-3-6-24(28)29/h1-2,4-5,7-12,14,27H,3,6,13,15-16H2.